The lowest BCUT2D eigenvalue weighted by Gasteiger charge is -2.10. The summed E-state index contributed by atoms with van der Waals surface area (Å²) in [6, 6.07) is 10.2. The van der Waals surface area contributed by atoms with E-state index >= 15 is 0 Å². The highest BCUT2D eigenvalue weighted by molar-refractivity contribution is 9.10. The molecule has 0 saturated heterocycles. The third kappa shape index (κ3) is 2.18. The first-order valence-corrected chi connectivity index (χ1v) is 6.01. The summed E-state index contributed by atoms with van der Waals surface area (Å²) in [4.78, 5) is 0. The molecule has 16 heavy (non-hydrogen) atoms. The highest BCUT2D eigenvalue weighted by atomic mass is 79.9. The van der Waals surface area contributed by atoms with Crippen molar-refractivity contribution in [2.75, 3.05) is 6.54 Å². The molecule has 0 fully saturated rings. The summed E-state index contributed by atoms with van der Waals surface area (Å²) in [5.41, 5.74) is 7.94. The molecule has 0 radical (unpaired) electrons. The maximum atomic E-state index is 5.64. The lowest BCUT2D eigenvalue weighted by Crippen LogP contribution is -2.08. The van der Waals surface area contributed by atoms with E-state index in [2.05, 4.69) is 52.2 Å². The van der Waals surface area contributed by atoms with Crippen LogP contribution in [0.4, 0.5) is 0 Å². The average molecular weight is 280 g/mol. The number of rotatable bonds is 3. The molecule has 0 spiro atoms. The van der Waals surface area contributed by atoms with Gasteiger partial charge in [-0.1, -0.05) is 19.1 Å². The molecule has 1 atom stereocenters. The number of hydrogen-bond donors (Lipinski definition) is 1. The van der Waals surface area contributed by atoms with Crippen molar-refractivity contribution >= 4 is 15.9 Å². The van der Waals surface area contributed by atoms with Gasteiger partial charge < -0.3 is 5.73 Å². The predicted octanol–water partition coefficient (Wildman–Crippen LogP) is 2.70. The van der Waals surface area contributed by atoms with Crippen LogP contribution in [0.3, 0.4) is 0 Å². The summed E-state index contributed by atoms with van der Waals surface area (Å²) in [7, 11) is 0. The number of hydrogen-bond acceptors (Lipinski definition) is 2. The second-order valence-electron chi connectivity index (χ2n) is 3.79. The quantitative estimate of drug-likeness (QED) is 0.939. The van der Waals surface area contributed by atoms with Gasteiger partial charge >= 0.3 is 0 Å². The van der Waals surface area contributed by atoms with Gasteiger partial charge in [0.15, 0.2) is 0 Å². The van der Waals surface area contributed by atoms with Crippen LogP contribution in [0, 0.1) is 0 Å². The first-order chi connectivity index (χ1) is 7.72. The molecule has 1 heterocycles. The molecule has 4 heteroatoms. The van der Waals surface area contributed by atoms with E-state index in [-0.39, 0.29) is 0 Å². The number of nitrogens with two attached hydrogens (primary N) is 1. The van der Waals surface area contributed by atoms with Gasteiger partial charge in [-0.2, -0.15) is 5.10 Å². The molecule has 1 unspecified atom stereocenters. The molecule has 84 valence electrons. The Morgan fingerprint density at radius 1 is 1.31 bits per heavy atom. The Hall–Kier alpha value is -1.13. The van der Waals surface area contributed by atoms with E-state index in [1.54, 1.807) is 6.20 Å². The fraction of sp³-hybridized carbons (Fsp3) is 0.250. The van der Waals surface area contributed by atoms with Gasteiger partial charge in [-0.15, -0.1) is 0 Å². The highest BCUT2D eigenvalue weighted by Crippen LogP contribution is 2.19. The van der Waals surface area contributed by atoms with Crippen LogP contribution < -0.4 is 5.73 Å². The Morgan fingerprint density at radius 3 is 2.50 bits per heavy atom. The topological polar surface area (TPSA) is 43.8 Å². The zero-order chi connectivity index (χ0) is 11.5. The molecule has 2 aromatic rings. The van der Waals surface area contributed by atoms with Crippen LogP contribution in [-0.2, 0) is 0 Å². The smallest absolute Gasteiger partial charge is 0.109 e. The predicted molar refractivity (Wildman–Crippen MR) is 68.7 cm³/mol. The number of nitrogens with zero attached hydrogens (tertiary/aromatic N) is 2. The molecular weight excluding hydrogens is 266 g/mol. The maximum Gasteiger partial charge on any atom is 0.109 e. The monoisotopic (exact) mass is 279 g/mol. The SMILES string of the molecule is CC(CN)c1ccc(-n2nccc2Br)cc1. The second-order valence-corrected chi connectivity index (χ2v) is 4.61. The minimum absolute atomic E-state index is 0.398. The Bertz CT molecular complexity index is 461. The van der Waals surface area contributed by atoms with E-state index in [9.17, 15) is 0 Å². The molecule has 0 bridgehead atoms. The lowest BCUT2D eigenvalue weighted by molar-refractivity contribution is 0.772. The van der Waals surface area contributed by atoms with Gasteiger partial charge in [0.1, 0.15) is 4.60 Å². The van der Waals surface area contributed by atoms with Crippen LogP contribution in [0.25, 0.3) is 5.69 Å². The van der Waals surface area contributed by atoms with Crippen molar-refractivity contribution in [1.82, 2.24) is 9.78 Å². The van der Waals surface area contributed by atoms with Crippen LogP contribution in [0.1, 0.15) is 18.4 Å². The lowest BCUT2D eigenvalue weighted by atomic mass is 10.0. The summed E-state index contributed by atoms with van der Waals surface area (Å²) < 4.78 is 2.80. The second kappa shape index (κ2) is 4.80. The van der Waals surface area contributed by atoms with Crippen molar-refractivity contribution in [2.45, 2.75) is 12.8 Å². The third-order valence-electron chi connectivity index (χ3n) is 2.66. The van der Waals surface area contributed by atoms with Gasteiger partial charge in [-0.05, 0) is 52.2 Å². The number of benzene rings is 1. The molecule has 3 nitrogen and oxygen atoms in total. The van der Waals surface area contributed by atoms with Crippen molar-refractivity contribution < 1.29 is 0 Å². The molecule has 2 rings (SSSR count). The van der Waals surface area contributed by atoms with Gasteiger partial charge in [0.25, 0.3) is 0 Å². The van der Waals surface area contributed by atoms with E-state index in [1.165, 1.54) is 5.56 Å². The zero-order valence-electron chi connectivity index (χ0n) is 9.10. The molecular formula is C12H14BrN3. The summed E-state index contributed by atoms with van der Waals surface area (Å²) >= 11 is 3.44. The fourth-order valence-corrected chi connectivity index (χ4v) is 1.97. The highest BCUT2D eigenvalue weighted by Gasteiger charge is 2.05. The van der Waals surface area contributed by atoms with Crippen molar-refractivity contribution in [3.63, 3.8) is 0 Å². The first kappa shape index (κ1) is 11.4. The standard InChI is InChI=1S/C12H14BrN3/c1-9(8-14)10-2-4-11(5-3-10)16-12(13)6-7-15-16/h2-7,9H,8,14H2,1H3. The average Bonchev–Trinajstić information content (AvgIpc) is 2.75. The van der Waals surface area contributed by atoms with Gasteiger partial charge in [0, 0.05) is 0 Å². The number of halogens is 1. The molecule has 0 saturated carbocycles. The molecule has 1 aromatic carbocycles. The Morgan fingerprint density at radius 2 is 2.00 bits per heavy atom. The molecule has 0 aliphatic rings. The zero-order valence-corrected chi connectivity index (χ0v) is 10.7. The van der Waals surface area contributed by atoms with E-state index < -0.39 is 0 Å². The minimum Gasteiger partial charge on any atom is -0.330 e. The van der Waals surface area contributed by atoms with Gasteiger partial charge in [-0.3, -0.25) is 0 Å². The Kier molecular flexibility index (Phi) is 3.41. The van der Waals surface area contributed by atoms with Gasteiger partial charge in [-0.25, -0.2) is 4.68 Å². The molecule has 0 amide bonds. The summed E-state index contributed by atoms with van der Waals surface area (Å²) in [6.45, 7) is 2.80. The van der Waals surface area contributed by atoms with E-state index in [4.69, 9.17) is 5.73 Å². The summed E-state index contributed by atoms with van der Waals surface area (Å²) in [6.07, 6.45) is 1.76. The molecule has 0 aliphatic carbocycles. The fourth-order valence-electron chi connectivity index (χ4n) is 1.56. The summed E-state index contributed by atoms with van der Waals surface area (Å²) in [5.74, 6) is 0.398. The molecule has 1 aromatic heterocycles. The van der Waals surface area contributed by atoms with Gasteiger partial charge in [0.2, 0.25) is 0 Å². The van der Waals surface area contributed by atoms with E-state index in [1.807, 2.05) is 10.7 Å². The largest absolute Gasteiger partial charge is 0.330 e. The van der Waals surface area contributed by atoms with Crippen molar-refractivity contribution in [3.8, 4) is 5.69 Å². The Labute approximate surface area is 103 Å². The molecule has 2 N–H and O–H groups in total. The Balaban J connectivity index is 2.30. The van der Waals surface area contributed by atoms with Crippen LogP contribution in [0.15, 0.2) is 41.1 Å². The van der Waals surface area contributed by atoms with Crippen LogP contribution in [-0.4, -0.2) is 16.3 Å². The van der Waals surface area contributed by atoms with Crippen LogP contribution in [0.5, 0.6) is 0 Å². The van der Waals surface area contributed by atoms with Crippen molar-refractivity contribution in [1.29, 1.82) is 0 Å². The van der Waals surface area contributed by atoms with Crippen LogP contribution >= 0.6 is 15.9 Å². The maximum absolute atomic E-state index is 5.64. The third-order valence-corrected chi connectivity index (χ3v) is 3.26. The van der Waals surface area contributed by atoms with Gasteiger partial charge in [0.05, 0.1) is 11.9 Å². The van der Waals surface area contributed by atoms with Crippen molar-refractivity contribution in [2.24, 2.45) is 5.73 Å². The normalized spacial score (nSPS) is 12.7. The van der Waals surface area contributed by atoms with E-state index in [0.29, 0.717) is 12.5 Å². The first-order valence-electron chi connectivity index (χ1n) is 5.22. The number of aromatic nitrogens is 2. The molecule has 0 aliphatic heterocycles. The van der Waals surface area contributed by atoms with E-state index in [0.717, 1.165) is 10.3 Å². The summed E-state index contributed by atoms with van der Waals surface area (Å²) in [5, 5.41) is 4.23. The minimum atomic E-state index is 0.398. The van der Waals surface area contributed by atoms with Crippen molar-refractivity contribution in [3.05, 3.63) is 46.7 Å². The van der Waals surface area contributed by atoms with Crippen LogP contribution in [0.2, 0.25) is 0 Å².